The molecule has 0 amide bonds. The van der Waals surface area contributed by atoms with Crippen LogP contribution in [0.15, 0.2) is 27.9 Å². The number of hydrogen-bond acceptors (Lipinski definition) is 4. The lowest BCUT2D eigenvalue weighted by molar-refractivity contribution is 0.447. The summed E-state index contributed by atoms with van der Waals surface area (Å²) in [5.74, 6) is -7.67. The largest absolute Gasteiger partial charge is 0.203 e. The summed E-state index contributed by atoms with van der Waals surface area (Å²) in [6, 6.07) is 6.04. The molecule has 0 N–H and O–H groups in total. The van der Waals surface area contributed by atoms with Gasteiger partial charge in [0.15, 0.2) is 23.3 Å². The molecule has 1 aromatic carbocycles. The Hall–Kier alpha value is -3.88. The van der Waals surface area contributed by atoms with E-state index < -0.39 is 40.0 Å². The van der Waals surface area contributed by atoms with Gasteiger partial charge in [0.1, 0.15) is 17.7 Å². The van der Waals surface area contributed by atoms with Crippen LogP contribution in [0.4, 0.5) is 17.6 Å². The minimum absolute atomic E-state index is 0.0627. The highest BCUT2D eigenvalue weighted by atomic mass is 19.2. The molecule has 1 aliphatic carbocycles. The fourth-order valence-electron chi connectivity index (χ4n) is 2.49. The molecule has 1 fully saturated rings. The zero-order valence-electron chi connectivity index (χ0n) is 13.3. The summed E-state index contributed by atoms with van der Waals surface area (Å²) in [7, 11) is 0. The first-order chi connectivity index (χ1) is 12.3. The molecule has 126 valence electrons. The Morgan fingerprint density at radius 1 is 0.654 bits per heavy atom. The van der Waals surface area contributed by atoms with E-state index in [-0.39, 0.29) is 27.9 Å². The van der Waals surface area contributed by atoms with E-state index in [1.807, 2.05) is 0 Å². The average Bonchev–Trinajstić information content (AvgIpc) is 3.37. The van der Waals surface area contributed by atoms with Gasteiger partial charge in [0.2, 0.25) is 0 Å². The Balaban J connectivity index is 3.01. The van der Waals surface area contributed by atoms with Gasteiger partial charge in [0, 0.05) is 27.9 Å². The molecule has 0 bridgehead atoms. The van der Waals surface area contributed by atoms with Crippen molar-refractivity contribution >= 4 is 5.57 Å². The number of rotatable bonds is 1. The molecule has 0 saturated heterocycles. The van der Waals surface area contributed by atoms with Crippen LogP contribution in [0.25, 0.3) is 5.57 Å². The van der Waals surface area contributed by atoms with Crippen LogP contribution in [-0.4, -0.2) is 0 Å². The number of nitriles is 4. The minimum Gasteiger partial charge on any atom is -0.203 e. The summed E-state index contributed by atoms with van der Waals surface area (Å²) >= 11 is 0. The highest BCUT2D eigenvalue weighted by molar-refractivity contribution is 5.99. The third kappa shape index (κ3) is 2.51. The van der Waals surface area contributed by atoms with Crippen molar-refractivity contribution in [3.05, 3.63) is 62.3 Å². The fraction of sp³-hybridized carbons (Fsp3) is 0.111. The molecule has 1 aromatic rings. The van der Waals surface area contributed by atoms with Gasteiger partial charge in [-0.1, -0.05) is 0 Å². The summed E-state index contributed by atoms with van der Waals surface area (Å²) in [6.45, 7) is 2.71. The van der Waals surface area contributed by atoms with Crippen LogP contribution in [0.3, 0.4) is 0 Å². The normalized spacial score (nSPS) is 18.1. The number of halogens is 4. The van der Waals surface area contributed by atoms with Crippen molar-refractivity contribution in [2.75, 3.05) is 0 Å². The zero-order chi connectivity index (χ0) is 19.8. The monoisotopic (exact) mass is 354 g/mol. The predicted molar refractivity (Wildman–Crippen MR) is 80.1 cm³/mol. The maximum Gasteiger partial charge on any atom is 0.180 e. The van der Waals surface area contributed by atoms with Gasteiger partial charge in [-0.3, -0.25) is 0 Å². The maximum atomic E-state index is 14.3. The Bertz CT molecular complexity index is 1060. The van der Waals surface area contributed by atoms with Crippen molar-refractivity contribution in [2.24, 2.45) is 0 Å². The zero-order valence-corrected chi connectivity index (χ0v) is 13.3. The van der Waals surface area contributed by atoms with E-state index in [0.29, 0.717) is 0 Å². The first-order valence-electron chi connectivity index (χ1n) is 6.90. The molecule has 4 nitrogen and oxygen atoms in total. The molecule has 0 spiro atoms. The van der Waals surface area contributed by atoms with Gasteiger partial charge in [0.25, 0.3) is 0 Å². The van der Waals surface area contributed by atoms with Gasteiger partial charge in [-0.05, 0) is 13.8 Å². The molecule has 26 heavy (non-hydrogen) atoms. The number of nitrogens with zero attached hydrogens (tertiary/aromatic N) is 4. The summed E-state index contributed by atoms with van der Waals surface area (Å²) in [5, 5.41) is 36.0. The van der Waals surface area contributed by atoms with Gasteiger partial charge in [-0.15, -0.1) is 0 Å². The lowest BCUT2D eigenvalue weighted by Crippen LogP contribution is -2.06. The van der Waals surface area contributed by atoms with Crippen LogP contribution in [0.5, 0.6) is 0 Å². The third-order valence-corrected chi connectivity index (χ3v) is 3.76. The molecule has 8 heteroatoms. The highest BCUT2D eigenvalue weighted by Gasteiger charge is 2.40. The van der Waals surface area contributed by atoms with Crippen molar-refractivity contribution in [3.63, 3.8) is 0 Å². The quantitative estimate of drug-likeness (QED) is 0.431. The van der Waals surface area contributed by atoms with Crippen molar-refractivity contribution in [2.45, 2.75) is 13.8 Å². The molecule has 0 heterocycles. The number of allylic oxidation sites excluding steroid dienone is 6. The van der Waals surface area contributed by atoms with Gasteiger partial charge >= 0.3 is 0 Å². The molecule has 0 atom stereocenters. The second-order valence-corrected chi connectivity index (χ2v) is 5.20. The molecular weight excluding hydrogens is 348 g/mol. The highest BCUT2D eigenvalue weighted by Crippen LogP contribution is 2.53. The second-order valence-electron chi connectivity index (χ2n) is 5.20. The Labute approximate surface area is 145 Å². The second kappa shape index (κ2) is 6.55. The van der Waals surface area contributed by atoms with E-state index in [9.17, 15) is 22.8 Å². The van der Waals surface area contributed by atoms with Crippen molar-refractivity contribution in [1.82, 2.24) is 0 Å². The maximum absolute atomic E-state index is 14.3. The molecule has 0 radical (unpaired) electrons. The van der Waals surface area contributed by atoms with E-state index >= 15 is 0 Å². The molecule has 0 aliphatic heterocycles. The molecule has 0 aromatic heterocycles. The van der Waals surface area contributed by atoms with E-state index in [2.05, 4.69) is 0 Å². The number of hydrogen-bond donors (Lipinski definition) is 0. The lowest BCUT2D eigenvalue weighted by Gasteiger charge is -2.07. The van der Waals surface area contributed by atoms with Crippen molar-refractivity contribution < 1.29 is 17.6 Å². The first-order valence-corrected chi connectivity index (χ1v) is 6.90. The van der Waals surface area contributed by atoms with Gasteiger partial charge in [0.05, 0.1) is 23.3 Å². The van der Waals surface area contributed by atoms with Gasteiger partial charge < -0.3 is 0 Å². The smallest absolute Gasteiger partial charge is 0.180 e. The molecule has 0 unspecified atom stereocenters. The molecule has 1 aliphatic rings. The predicted octanol–water partition coefficient (Wildman–Crippen LogP) is 4.09. The van der Waals surface area contributed by atoms with Crippen LogP contribution >= 0.6 is 0 Å². The fourth-order valence-corrected chi connectivity index (χ4v) is 2.49. The van der Waals surface area contributed by atoms with Crippen LogP contribution in [0, 0.1) is 68.6 Å². The van der Waals surface area contributed by atoms with Crippen LogP contribution in [-0.2, 0) is 0 Å². The van der Waals surface area contributed by atoms with E-state index in [4.69, 9.17) is 15.8 Å². The van der Waals surface area contributed by atoms with E-state index in [1.165, 1.54) is 19.9 Å². The van der Waals surface area contributed by atoms with Crippen molar-refractivity contribution in [1.29, 1.82) is 21.0 Å². The van der Waals surface area contributed by atoms with Gasteiger partial charge in [-0.2, -0.15) is 21.0 Å². The molecule has 1 saturated carbocycles. The number of benzene rings is 1. The van der Waals surface area contributed by atoms with Crippen LogP contribution < -0.4 is 0 Å². The Kier molecular flexibility index (Phi) is 4.65. The molecular formula is C18H6F4N4. The topological polar surface area (TPSA) is 95.2 Å². The SMILES string of the molecule is CC(C#N)=C1C(=C(\C)C#N)/C1=C(/C#N)c1c(F)c(F)c(C#N)c(F)c1F. The van der Waals surface area contributed by atoms with Gasteiger partial charge in [-0.25, -0.2) is 17.6 Å². The lowest BCUT2D eigenvalue weighted by atomic mass is 10.0. The summed E-state index contributed by atoms with van der Waals surface area (Å²) in [6.07, 6.45) is 0. The van der Waals surface area contributed by atoms with E-state index in [0.717, 1.165) is 6.07 Å². The standard InChI is InChI=1S/C18H6F4N4/c1-7(3-23)11-12(8(2)4-24)13(11)9(5-25)14-17(21)15(19)10(6-26)16(20)18(14)22/h1-2H3/b11-7-,12-8?,13-9+. The van der Waals surface area contributed by atoms with Crippen LogP contribution in [0.2, 0.25) is 0 Å². The van der Waals surface area contributed by atoms with Crippen LogP contribution in [0.1, 0.15) is 25.0 Å². The molecule has 2 rings (SSSR count). The Morgan fingerprint density at radius 2 is 1.08 bits per heavy atom. The minimum atomic E-state index is -1.93. The first kappa shape index (κ1) is 18.5. The van der Waals surface area contributed by atoms with E-state index in [1.54, 1.807) is 12.1 Å². The third-order valence-electron chi connectivity index (χ3n) is 3.76. The summed E-state index contributed by atoms with van der Waals surface area (Å²) < 4.78 is 56.2. The van der Waals surface area contributed by atoms with Crippen molar-refractivity contribution in [3.8, 4) is 24.3 Å². The summed E-state index contributed by atoms with van der Waals surface area (Å²) in [4.78, 5) is 0. The average molecular weight is 354 g/mol. The Morgan fingerprint density at radius 3 is 1.38 bits per heavy atom. The summed E-state index contributed by atoms with van der Waals surface area (Å²) in [5.41, 5.74) is -3.28.